The van der Waals surface area contributed by atoms with Gasteiger partial charge < -0.3 is 5.11 Å². The lowest BCUT2D eigenvalue weighted by Crippen LogP contribution is -2.34. The van der Waals surface area contributed by atoms with Crippen LogP contribution in [0.15, 0.2) is 0 Å². The molecule has 0 aromatic carbocycles. The second kappa shape index (κ2) is 4.21. The van der Waals surface area contributed by atoms with Crippen molar-refractivity contribution in [2.24, 2.45) is 5.92 Å². The van der Waals surface area contributed by atoms with Gasteiger partial charge in [-0.15, -0.1) is 0 Å². The predicted octanol–water partition coefficient (Wildman–Crippen LogP) is 0.914. The minimum absolute atomic E-state index is 0.0599. The highest BCUT2D eigenvalue weighted by molar-refractivity contribution is 5.82. The van der Waals surface area contributed by atoms with Gasteiger partial charge in [-0.05, 0) is 25.7 Å². The van der Waals surface area contributed by atoms with Gasteiger partial charge in [0.15, 0.2) is 5.60 Å². The summed E-state index contributed by atoms with van der Waals surface area (Å²) < 4.78 is 0. The molecule has 0 aromatic rings. The number of hydrogen-bond donors (Lipinski definition) is 1. The number of carbonyl (C=O) groups is 1. The minimum Gasteiger partial charge on any atom is -0.375 e. The lowest BCUT2D eigenvalue weighted by Gasteiger charge is -2.29. The van der Waals surface area contributed by atoms with Crippen LogP contribution in [-0.4, -0.2) is 16.5 Å². The number of Topliss-reactive ketones (excluding diaryl/α,β-unsaturated/α-hetero) is 1. The molecule has 4 nitrogen and oxygen atoms in total. The van der Waals surface area contributed by atoms with E-state index < -0.39 is 5.60 Å². The van der Waals surface area contributed by atoms with Crippen molar-refractivity contribution in [3.8, 4) is 12.1 Å². The fourth-order valence-electron chi connectivity index (χ4n) is 1.75. The molecule has 1 rings (SSSR count). The van der Waals surface area contributed by atoms with E-state index in [0.29, 0.717) is 25.7 Å². The quantitative estimate of drug-likeness (QED) is 0.659. The van der Waals surface area contributed by atoms with Crippen LogP contribution in [0.5, 0.6) is 0 Å². The Morgan fingerprint density at radius 3 is 2.43 bits per heavy atom. The highest BCUT2D eigenvalue weighted by atomic mass is 16.3. The van der Waals surface area contributed by atoms with Gasteiger partial charge in [-0.3, -0.25) is 4.79 Å². The molecule has 0 aliphatic heterocycles. The number of nitrogens with zero attached hydrogens (tertiary/aromatic N) is 2. The second-order valence-electron chi connectivity index (χ2n) is 3.72. The molecule has 0 atom stereocenters. The molecule has 0 amide bonds. The third-order valence-corrected chi connectivity index (χ3v) is 2.73. The first-order valence-electron chi connectivity index (χ1n) is 4.64. The maximum atomic E-state index is 11.3. The number of aliphatic hydroxyl groups is 1. The maximum Gasteiger partial charge on any atom is 0.151 e. The van der Waals surface area contributed by atoms with Crippen molar-refractivity contribution >= 4 is 5.78 Å². The van der Waals surface area contributed by atoms with Gasteiger partial charge in [-0.1, -0.05) is 0 Å². The van der Waals surface area contributed by atoms with Crippen LogP contribution in [0.2, 0.25) is 0 Å². The topological polar surface area (TPSA) is 84.9 Å². The smallest absolute Gasteiger partial charge is 0.151 e. The third-order valence-electron chi connectivity index (χ3n) is 2.73. The van der Waals surface area contributed by atoms with Crippen LogP contribution in [0.1, 0.15) is 32.1 Å². The van der Waals surface area contributed by atoms with E-state index in [1.54, 1.807) is 0 Å². The number of hydrogen-bond acceptors (Lipinski definition) is 4. The van der Waals surface area contributed by atoms with E-state index in [2.05, 4.69) is 0 Å². The number of ketones is 1. The Balaban J connectivity index is 2.49. The summed E-state index contributed by atoms with van der Waals surface area (Å²) in [6, 6.07) is 3.67. The van der Waals surface area contributed by atoms with Crippen molar-refractivity contribution in [3.05, 3.63) is 0 Å². The summed E-state index contributed by atoms with van der Waals surface area (Å²) in [5.74, 6) is -0.198. The Hall–Kier alpha value is -1.39. The molecule has 0 spiro atoms. The number of carbonyl (C=O) groups excluding carboxylic acids is 1. The zero-order valence-corrected chi connectivity index (χ0v) is 7.86. The van der Waals surface area contributed by atoms with Gasteiger partial charge in [-0.2, -0.15) is 10.5 Å². The summed E-state index contributed by atoms with van der Waals surface area (Å²) >= 11 is 0. The summed E-state index contributed by atoms with van der Waals surface area (Å²) in [6.07, 6.45) is 1.65. The Labute approximate surface area is 82.8 Å². The van der Waals surface area contributed by atoms with Crippen LogP contribution >= 0.6 is 0 Å². The average molecular weight is 192 g/mol. The van der Waals surface area contributed by atoms with E-state index >= 15 is 0 Å². The molecular formula is C10H12N2O2. The Morgan fingerprint density at radius 2 is 2.00 bits per heavy atom. The van der Waals surface area contributed by atoms with Crippen molar-refractivity contribution in [1.82, 2.24) is 0 Å². The number of nitriles is 2. The third kappa shape index (κ3) is 2.31. The molecule has 1 saturated carbocycles. The van der Waals surface area contributed by atoms with Crippen molar-refractivity contribution in [2.75, 3.05) is 0 Å². The summed E-state index contributed by atoms with van der Waals surface area (Å²) in [4.78, 5) is 11.3. The van der Waals surface area contributed by atoms with Gasteiger partial charge in [-0.25, -0.2) is 0 Å². The first-order chi connectivity index (χ1) is 6.61. The van der Waals surface area contributed by atoms with Crippen LogP contribution < -0.4 is 0 Å². The standard InChI is InChI=1S/C10H12N2O2/c11-6-3-9(13)8-1-4-10(14,7-12)5-2-8/h8,14H,1-5H2. The van der Waals surface area contributed by atoms with Crippen LogP contribution in [0, 0.1) is 28.6 Å². The molecule has 0 bridgehead atoms. The highest BCUT2D eigenvalue weighted by Gasteiger charge is 2.35. The van der Waals surface area contributed by atoms with Crippen LogP contribution in [-0.2, 0) is 4.79 Å². The normalized spacial score (nSPS) is 31.5. The van der Waals surface area contributed by atoms with E-state index in [9.17, 15) is 9.90 Å². The first-order valence-corrected chi connectivity index (χ1v) is 4.64. The lowest BCUT2D eigenvalue weighted by atomic mass is 9.77. The fraction of sp³-hybridized carbons (Fsp3) is 0.700. The van der Waals surface area contributed by atoms with Crippen molar-refractivity contribution in [3.63, 3.8) is 0 Å². The van der Waals surface area contributed by atoms with Crippen LogP contribution in [0.3, 0.4) is 0 Å². The first kappa shape index (κ1) is 10.7. The van der Waals surface area contributed by atoms with Gasteiger partial charge in [0.2, 0.25) is 0 Å². The fourth-order valence-corrected chi connectivity index (χ4v) is 1.75. The molecule has 14 heavy (non-hydrogen) atoms. The Morgan fingerprint density at radius 1 is 1.43 bits per heavy atom. The minimum atomic E-state index is -1.25. The summed E-state index contributed by atoms with van der Waals surface area (Å²) in [5.41, 5.74) is -1.25. The molecule has 1 aliphatic rings. The summed E-state index contributed by atoms with van der Waals surface area (Å²) in [5, 5.41) is 26.6. The van der Waals surface area contributed by atoms with Gasteiger partial charge in [0.1, 0.15) is 5.78 Å². The molecule has 1 N–H and O–H groups in total. The molecule has 74 valence electrons. The number of rotatable bonds is 2. The Kier molecular flexibility index (Phi) is 3.22. The summed E-state index contributed by atoms with van der Waals surface area (Å²) in [6.45, 7) is 0. The zero-order chi connectivity index (χ0) is 10.6. The largest absolute Gasteiger partial charge is 0.375 e. The molecule has 4 heteroatoms. The zero-order valence-electron chi connectivity index (χ0n) is 7.86. The molecule has 1 fully saturated rings. The molecule has 0 saturated heterocycles. The molecule has 0 unspecified atom stereocenters. The van der Waals surface area contributed by atoms with Gasteiger partial charge in [0.25, 0.3) is 0 Å². The molecule has 1 aliphatic carbocycles. The van der Waals surface area contributed by atoms with Gasteiger partial charge in [0, 0.05) is 5.92 Å². The van der Waals surface area contributed by atoms with E-state index in [1.807, 2.05) is 12.1 Å². The van der Waals surface area contributed by atoms with Crippen molar-refractivity contribution in [2.45, 2.75) is 37.7 Å². The Bertz CT molecular complexity index is 303. The van der Waals surface area contributed by atoms with E-state index in [-0.39, 0.29) is 18.1 Å². The van der Waals surface area contributed by atoms with Crippen molar-refractivity contribution in [1.29, 1.82) is 10.5 Å². The van der Waals surface area contributed by atoms with Gasteiger partial charge >= 0.3 is 0 Å². The SMILES string of the molecule is N#CCC(=O)C1CCC(O)(C#N)CC1. The van der Waals surface area contributed by atoms with E-state index in [0.717, 1.165) is 0 Å². The lowest BCUT2D eigenvalue weighted by molar-refractivity contribution is -0.124. The molecule has 0 aromatic heterocycles. The van der Waals surface area contributed by atoms with E-state index in [1.165, 1.54) is 0 Å². The van der Waals surface area contributed by atoms with E-state index in [4.69, 9.17) is 10.5 Å². The second-order valence-corrected chi connectivity index (χ2v) is 3.72. The van der Waals surface area contributed by atoms with Crippen LogP contribution in [0.4, 0.5) is 0 Å². The van der Waals surface area contributed by atoms with Gasteiger partial charge in [0.05, 0.1) is 18.6 Å². The van der Waals surface area contributed by atoms with Crippen LogP contribution in [0.25, 0.3) is 0 Å². The molecule has 0 radical (unpaired) electrons. The maximum absolute atomic E-state index is 11.3. The van der Waals surface area contributed by atoms with Crippen molar-refractivity contribution < 1.29 is 9.90 Å². The monoisotopic (exact) mass is 192 g/mol. The average Bonchev–Trinajstić information content (AvgIpc) is 2.19. The highest BCUT2D eigenvalue weighted by Crippen LogP contribution is 2.32. The summed E-state index contributed by atoms with van der Waals surface area (Å²) in [7, 11) is 0. The predicted molar refractivity (Wildman–Crippen MR) is 47.8 cm³/mol. The molecule has 0 heterocycles. The molecular weight excluding hydrogens is 180 g/mol.